The largest absolute Gasteiger partial charge is 0.360 e. The van der Waals surface area contributed by atoms with E-state index in [1.807, 2.05) is 0 Å². The first kappa shape index (κ1) is 8.26. The molecule has 0 aliphatic heterocycles. The summed E-state index contributed by atoms with van der Waals surface area (Å²) in [7, 11) is 1.55. The van der Waals surface area contributed by atoms with Crippen LogP contribution < -0.4 is 16.0 Å². The second-order valence-electron chi connectivity index (χ2n) is 2.45. The highest BCUT2D eigenvalue weighted by Gasteiger charge is 2.21. The van der Waals surface area contributed by atoms with E-state index in [1.54, 1.807) is 7.05 Å². The molecule has 1 saturated carbocycles. The van der Waals surface area contributed by atoms with E-state index in [4.69, 9.17) is 12.2 Å². The first-order chi connectivity index (χ1) is 5.22. The van der Waals surface area contributed by atoms with E-state index in [0.29, 0.717) is 11.2 Å². The molecule has 1 aliphatic rings. The van der Waals surface area contributed by atoms with E-state index in [9.17, 15) is 4.79 Å². The molecule has 0 saturated heterocycles. The van der Waals surface area contributed by atoms with Gasteiger partial charge < -0.3 is 10.6 Å². The second kappa shape index (κ2) is 3.52. The van der Waals surface area contributed by atoms with E-state index >= 15 is 0 Å². The molecule has 2 amide bonds. The molecule has 1 rings (SSSR count). The van der Waals surface area contributed by atoms with Gasteiger partial charge in [0.2, 0.25) is 0 Å². The van der Waals surface area contributed by atoms with Crippen molar-refractivity contribution in [3.63, 3.8) is 0 Å². The Morgan fingerprint density at radius 1 is 1.55 bits per heavy atom. The van der Waals surface area contributed by atoms with Crippen LogP contribution in [-0.4, -0.2) is 24.2 Å². The monoisotopic (exact) mass is 173 g/mol. The molecule has 5 heteroatoms. The maximum absolute atomic E-state index is 10.7. The molecule has 0 aromatic heterocycles. The third-order valence-corrected chi connectivity index (χ3v) is 1.59. The number of hydrogen-bond donors (Lipinski definition) is 3. The van der Waals surface area contributed by atoms with Gasteiger partial charge in [0.05, 0.1) is 0 Å². The fraction of sp³-hybridized carbons (Fsp3) is 0.667. The predicted molar refractivity (Wildman–Crippen MR) is 46.3 cm³/mol. The van der Waals surface area contributed by atoms with Gasteiger partial charge in [-0.3, -0.25) is 5.32 Å². The summed E-state index contributed by atoms with van der Waals surface area (Å²) in [4.78, 5) is 10.7. The quantitative estimate of drug-likeness (QED) is 0.487. The zero-order valence-electron chi connectivity index (χ0n) is 6.31. The minimum Gasteiger partial charge on any atom is -0.360 e. The number of thiocarbonyl (C=S) groups is 1. The van der Waals surface area contributed by atoms with E-state index in [2.05, 4.69) is 16.0 Å². The number of nitrogens with one attached hydrogen (secondary N) is 3. The number of rotatable bonds is 1. The second-order valence-corrected chi connectivity index (χ2v) is 2.86. The zero-order valence-corrected chi connectivity index (χ0v) is 7.12. The van der Waals surface area contributed by atoms with Gasteiger partial charge in [-0.05, 0) is 25.1 Å². The Hall–Kier alpha value is -0.840. The number of carbonyl (C=O) groups excluding carboxylic acids is 1. The minimum absolute atomic E-state index is 0.275. The van der Waals surface area contributed by atoms with Gasteiger partial charge >= 0.3 is 6.03 Å². The lowest BCUT2D eigenvalue weighted by molar-refractivity contribution is 0.247. The molecule has 11 heavy (non-hydrogen) atoms. The number of amides is 2. The molecule has 3 N–H and O–H groups in total. The van der Waals surface area contributed by atoms with Crippen molar-refractivity contribution in [3.05, 3.63) is 0 Å². The third kappa shape index (κ3) is 3.18. The lowest BCUT2D eigenvalue weighted by Gasteiger charge is -2.06. The Bertz CT molecular complexity index is 179. The van der Waals surface area contributed by atoms with Gasteiger partial charge in [-0.2, -0.15) is 0 Å². The molecule has 0 heterocycles. The fourth-order valence-corrected chi connectivity index (χ4v) is 0.874. The molecule has 0 unspecified atom stereocenters. The highest BCUT2D eigenvalue weighted by Crippen LogP contribution is 2.18. The Balaban J connectivity index is 2.13. The number of urea groups is 1. The van der Waals surface area contributed by atoms with Crippen LogP contribution >= 0.6 is 12.2 Å². The van der Waals surface area contributed by atoms with Crippen LogP contribution in [0, 0.1) is 0 Å². The maximum atomic E-state index is 10.7. The maximum Gasteiger partial charge on any atom is 0.320 e. The van der Waals surface area contributed by atoms with Crippen molar-refractivity contribution < 1.29 is 4.79 Å². The van der Waals surface area contributed by atoms with Crippen LogP contribution in [0.5, 0.6) is 0 Å². The smallest absolute Gasteiger partial charge is 0.320 e. The van der Waals surface area contributed by atoms with Gasteiger partial charge in [-0.1, -0.05) is 0 Å². The summed E-state index contributed by atoms with van der Waals surface area (Å²) in [6, 6.07) is 0.211. The third-order valence-electron chi connectivity index (χ3n) is 1.37. The number of carbonyl (C=O) groups is 1. The Morgan fingerprint density at radius 2 is 2.18 bits per heavy atom. The van der Waals surface area contributed by atoms with Crippen molar-refractivity contribution in [2.24, 2.45) is 0 Å². The summed E-state index contributed by atoms with van der Waals surface area (Å²) in [5.41, 5.74) is 0. The van der Waals surface area contributed by atoms with E-state index in [1.165, 1.54) is 0 Å². The summed E-state index contributed by atoms with van der Waals surface area (Å²) in [6.07, 6.45) is 2.30. The SMILES string of the molecule is CNC(=O)NC(=S)NC1CC1. The Labute approximate surface area is 70.7 Å². The van der Waals surface area contributed by atoms with Gasteiger partial charge in [0, 0.05) is 13.1 Å². The first-order valence-electron chi connectivity index (χ1n) is 3.51. The fourth-order valence-electron chi connectivity index (χ4n) is 0.615. The predicted octanol–water partition coefficient (Wildman–Crippen LogP) is -0.0477. The van der Waals surface area contributed by atoms with Crippen LogP contribution in [0.3, 0.4) is 0 Å². The zero-order chi connectivity index (χ0) is 8.27. The molecule has 0 spiro atoms. The van der Waals surface area contributed by atoms with Crippen molar-refractivity contribution in [1.82, 2.24) is 16.0 Å². The van der Waals surface area contributed by atoms with Gasteiger partial charge in [-0.25, -0.2) is 4.79 Å². The normalized spacial score (nSPS) is 15.4. The molecule has 0 aromatic rings. The van der Waals surface area contributed by atoms with Crippen molar-refractivity contribution in [2.75, 3.05) is 7.05 Å². The Kier molecular flexibility index (Phi) is 2.64. The van der Waals surface area contributed by atoms with Crippen LogP contribution in [0.1, 0.15) is 12.8 Å². The van der Waals surface area contributed by atoms with Crippen LogP contribution in [0.25, 0.3) is 0 Å². The average molecular weight is 173 g/mol. The van der Waals surface area contributed by atoms with Crippen molar-refractivity contribution in [1.29, 1.82) is 0 Å². The number of hydrogen-bond acceptors (Lipinski definition) is 2. The van der Waals surface area contributed by atoms with Gasteiger partial charge in [0.1, 0.15) is 0 Å². The molecule has 0 radical (unpaired) electrons. The van der Waals surface area contributed by atoms with Crippen LogP contribution in [0.2, 0.25) is 0 Å². The van der Waals surface area contributed by atoms with Crippen molar-refractivity contribution in [2.45, 2.75) is 18.9 Å². The van der Waals surface area contributed by atoms with Gasteiger partial charge in [0.15, 0.2) is 5.11 Å². The molecular formula is C6H11N3OS. The van der Waals surface area contributed by atoms with Crippen LogP contribution in [-0.2, 0) is 0 Å². The van der Waals surface area contributed by atoms with Gasteiger partial charge in [0.25, 0.3) is 0 Å². The molecule has 4 nitrogen and oxygen atoms in total. The van der Waals surface area contributed by atoms with E-state index in [-0.39, 0.29) is 6.03 Å². The molecule has 0 aromatic carbocycles. The minimum atomic E-state index is -0.275. The topological polar surface area (TPSA) is 53.2 Å². The average Bonchev–Trinajstić information content (AvgIpc) is 2.71. The first-order valence-corrected chi connectivity index (χ1v) is 3.92. The summed E-state index contributed by atoms with van der Waals surface area (Å²) in [5.74, 6) is 0. The lowest BCUT2D eigenvalue weighted by atomic mass is 10.7. The molecule has 62 valence electrons. The summed E-state index contributed by atoms with van der Waals surface area (Å²) < 4.78 is 0. The summed E-state index contributed by atoms with van der Waals surface area (Å²) >= 11 is 4.83. The lowest BCUT2D eigenvalue weighted by Crippen LogP contribution is -2.44. The standard InChI is InChI=1S/C6H11N3OS/c1-7-5(10)9-6(11)8-4-2-3-4/h4H,2-3H2,1H3,(H3,7,8,9,10,11). The van der Waals surface area contributed by atoms with Crippen molar-refractivity contribution >= 4 is 23.4 Å². The van der Waals surface area contributed by atoms with Crippen LogP contribution in [0.15, 0.2) is 0 Å². The van der Waals surface area contributed by atoms with Crippen LogP contribution in [0.4, 0.5) is 4.79 Å². The summed E-state index contributed by atoms with van der Waals surface area (Å²) in [6.45, 7) is 0. The molecule has 1 fully saturated rings. The van der Waals surface area contributed by atoms with E-state index in [0.717, 1.165) is 12.8 Å². The molecule has 1 aliphatic carbocycles. The molecule has 0 atom stereocenters. The molecule has 0 bridgehead atoms. The Morgan fingerprint density at radius 3 is 2.64 bits per heavy atom. The van der Waals surface area contributed by atoms with E-state index < -0.39 is 0 Å². The van der Waals surface area contributed by atoms with Crippen molar-refractivity contribution in [3.8, 4) is 0 Å². The highest BCUT2D eigenvalue weighted by molar-refractivity contribution is 7.80. The summed E-state index contributed by atoms with van der Waals surface area (Å²) in [5, 5.41) is 8.27. The van der Waals surface area contributed by atoms with Gasteiger partial charge in [-0.15, -0.1) is 0 Å². The molecular weight excluding hydrogens is 162 g/mol. The highest BCUT2D eigenvalue weighted by atomic mass is 32.1.